The lowest BCUT2D eigenvalue weighted by Crippen LogP contribution is -2.51. The minimum atomic E-state index is -1.87. The molecule has 3 unspecified atom stereocenters. The number of hydrogen-bond acceptors (Lipinski definition) is 6. The third-order valence-corrected chi connectivity index (χ3v) is 6.19. The fraction of sp³-hybridized carbons (Fsp3) is 0.632. The molecule has 2 aliphatic rings. The average molecular weight is 466 g/mol. The number of amides is 1. The van der Waals surface area contributed by atoms with Crippen LogP contribution in [0, 0.1) is 11.1 Å². The van der Waals surface area contributed by atoms with E-state index in [0.717, 1.165) is 32.4 Å². The number of nitrogens with one attached hydrogen (secondary N) is 1. The molecule has 3 rings (SSSR count). The van der Waals surface area contributed by atoms with Crippen molar-refractivity contribution in [2.45, 2.75) is 48.2 Å². The number of ether oxygens (including phenoxy) is 1. The van der Waals surface area contributed by atoms with Crippen molar-refractivity contribution >= 4 is 46.4 Å². The molecule has 0 spiro atoms. The zero-order chi connectivity index (χ0) is 21.0. The van der Waals surface area contributed by atoms with Crippen LogP contribution in [0.1, 0.15) is 42.5 Å². The number of hydrogen-bond donors (Lipinski definition) is 2. The molecule has 0 bridgehead atoms. The van der Waals surface area contributed by atoms with Crippen LogP contribution in [0.2, 0.25) is 0 Å². The third kappa shape index (κ3) is 6.10. The van der Waals surface area contributed by atoms with Gasteiger partial charge < -0.3 is 25.4 Å². The summed E-state index contributed by atoms with van der Waals surface area (Å²) in [7, 11) is 0. The Morgan fingerprint density at radius 1 is 1.31 bits per heavy atom. The van der Waals surface area contributed by atoms with Gasteiger partial charge in [-0.05, 0) is 62.9 Å². The van der Waals surface area contributed by atoms with Gasteiger partial charge in [-0.15, -0.1) is 0 Å². The summed E-state index contributed by atoms with van der Waals surface area (Å²) in [5, 5.41) is 22.3. The van der Waals surface area contributed by atoms with Crippen molar-refractivity contribution in [3.8, 4) is 0 Å². The van der Waals surface area contributed by atoms with Gasteiger partial charge in [-0.1, -0.05) is 47.3 Å². The number of carbonyl (C=O) groups is 1. The zero-order valence-electron chi connectivity index (χ0n) is 15.9. The van der Waals surface area contributed by atoms with Crippen molar-refractivity contribution in [1.82, 2.24) is 10.2 Å². The van der Waals surface area contributed by atoms with Gasteiger partial charge in [0.25, 0.3) is 5.91 Å². The predicted molar refractivity (Wildman–Crippen MR) is 114 cm³/mol. The number of halogens is 3. The standard InChI is InChI=1S/C19H25Cl3N3O4/c20-19(21,22)18(23-17(26)13-5-3-7-15(11-13)25(27)28)29-12-14-6-4-10-24-9-2-1-8-16(14)24/h3,5,7,11,14,16,18,27H,1-2,4,6,8-10,12H2,(H,23,26)/q-1. The first kappa shape index (κ1) is 22.9. The molecule has 29 heavy (non-hydrogen) atoms. The topological polar surface area (TPSA) is 88.1 Å². The van der Waals surface area contributed by atoms with Crippen LogP contribution in [0.15, 0.2) is 24.3 Å². The molecule has 2 fully saturated rings. The minimum Gasteiger partial charge on any atom is -0.733 e. The Morgan fingerprint density at radius 2 is 2.07 bits per heavy atom. The molecule has 0 aromatic heterocycles. The van der Waals surface area contributed by atoms with Crippen LogP contribution < -0.4 is 10.5 Å². The van der Waals surface area contributed by atoms with E-state index in [1.165, 1.54) is 37.1 Å². The Kier molecular flexibility index (Phi) is 7.89. The maximum absolute atomic E-state index is 12.6. The van der Waals surface area contributed by atoms with Gasteiger partial charge in [-0.25, -0.2) is 0 Å². The number of benzene rings is 1. The zero-order valence-corrected chi connectivity index (χ0v) is 18.2. The summed E-state index contributed by atoms with van der Waals surface area (Å²) in [5.74, 6) is -0.254. The molecule has 10 heteroatoms. The lowest BCUT2D eigenvalue weighted by atomic mass is 9.84. The SMILES string of the molecule is O=C(NC(OCC1CCCN2CCCCC12)C(Cl)(Cl)Cl)c1cccc(N([O-])O)c1. The molecule has 2 aliphatic heterocycles. The largest absolute Gasteiger partial charge is 0.733 e. The van der Waals surface area contributed by atoms with Gasteiger partial charge in [0.05, 0.1) is 12.3 Å². The van der Waals surface area contributed by atoms with Gasteiger partial charge in [0.15, 0.2) is 6.23 Å². The first-order chi connectivity index (χ1) is 13.8. The van der Waals surface area contributed by atoms with Crippen LogP contribution in [-0.2, 0) is 4.74 Å². The normalized spacial score (nSPS) is 23.9. The van der Waals surface area contributed by atoms with Crippen molar-refractivity contribution in [3.05, 3.63) is 35.0 Å². The lowest BCUT2D eigenvalue weighted by Gasteiger charge is -2.44. The highest BCUT2D eigenvalue weighted by Crippen LogP contribution is 2.34. The second kappa shape index (κ2) is 10.0. The molecule has 2 N–H and O–H groups in total. The van der Waals surface area contributed by atoms with E-state index in [1.807, 2.05) is 0 Å². The maximum atomic E-state index is 12.6. The average Bonchev–Trinajstić information content (AvgIpc) is 2.70. The summed E-state index contributed by atoms with van der Waals surface area (Å²) in [6, 6.07) is 6.02. The lowest BCUT2D eigenvalue weighted by molar-refractivity contribution is -0.0325. The fourth-order valence-corrected chi connectivity index (χ4v) is 4.53. The van der Waals surface area contributed by atoms with Crippen LogP contribution in [-0.4, -0.2) is 51.8 Å². The van der Waals surface area contributed by atoms with E-state index in [0.29, 0.717) is 18.6 Å². The minimum absolute atomic E-state index is 0.0800. The van der Waals surface area contributed by atoms with Gasteiger partial charge in [-0.3, -0.25) is 10.0 Å². The van der Waals surface area contributed by atoms with Crippen molar-refractivity contribution in [2.75, 3.05) is 24.9 Å². The fourth-order valence-electron chi connectivity index (χ4n) is 4.18. The Morgan fingerprint density at radius 3 is 2.79 bits per heavy atom. The third-order valence-electron chi connectivity index (χ3n) is 5.59. The molecular weight excluding hydrogens is 441 g/mol. The highest BCUT2D eigenvalue weighted by Gasteiger charge is 2.38. The van der Waals surface area contributed by atoms with Crippen molar-refractivity contribution < 1.29 is 14.7 Å². The number of rotatable bonds is 6. The van der Waals surface area contributed by atoms with Crippen molar-refractivity contribution in [3.63, 3.8) is 0 Å². The van der Waals surface area contributed by atoms with E-state index in [-0.39, 0.29) is 16.5 Å². The van der Waals surface area contributed by atoms with Gasteiger partial charge in [0, 0.05) is 11.6 Å². The molecule has 2 heterocycles. The Balaban J connectivity index is 1.64. The summed E-state index contributed by atoms with van der Waals surface area (Å²) in [6.07, 6.45) is 4.57. The van der Waals surface area contributed by atoms with Crippen LogP contribution in [0.25, 0.3) is 0 Å². The monoisotopic (exact) mass is 464 g/mol. The second-order valence-corrected chi connectivity index (χ2v) is 9.92. The summed E-state index contributed by atoms with van der Waals surface area (Å²) in [5.41, 5.74) is 0.0555. The number of carbonyl (C=O) groups excluding carboxylic acids is 1. The number of anilines is 1. The summed E-state index contributed by atoms with van der Waals surface area (Å²) >= 11 is 18.2. The first-order valence-electron chi connectivity index (χ1n) is 9.75. The van der Waals surface area contributed by atoms with Crippen molar-refractivity contribution in [2.24, 2.45) is 5.92 Å². The first-order valence-corrected chi connectivity index (χ1v) is 10.9. The van der Waals surface area contributed by atoms with Crippen LogP contribution in [0.5, 0.6) is 0 Å². The van der Waals surface area contributed by atoms with Crippen molar-refractivity contribution in [1.29, 1.82) is 0 Å². The smallest absolute Gasteiger partial charge is 0.253 e. The maximum Gasteiger partial charge on any atom is 0.253 e. The van der Waals surface area contributed by atoms with E-state index in [4.69, 9.17) is 44.7 Å². The summed E-state index contributed by atoms with van der Waals surface area (Å²) in [4.78, 5) is 15.1. The number of alkyl halides is 3. The highest BCUT2D eigenvalue weighted by atomic mass is 35.6. The van der Waals surface area contributed by atoms with Gasteiger partial charge >= 0.3 is 0 Å². The molecule has 3 atom stereocenters. The van der Waals surface area contributed by atoms with Gasteiger partial charge in [-0.2, -0.15) is 0 Å². The summed E-state index contributed by atoms with van der Waals surface area (Å²) < 4.78 is 4.02. The Bertz CT molecular complexity index is 700. The van der Waals surface area contributed by atoms with Gasteiger partial charge in [0.2, 0.25) is 3.79 Å². The van der Waals surface area contributed by atoms with Crippen LogP contribution in [0.3, 0.4) is 0 Å². The molecule has 162 valence electrons. The molecular formula is C19H25Cl3N3O4-. The molecule has 2 saturated heterocycles. The number of piperidine rings is 2. The molecule has 0 saturated carbocycles. The highest BCUT2D eigenvalue weighted by molar-refractivity contribution is 6.68. The predicted octanol–water partition coefficient (Wildman–Crippen LogP) is 4.09. The molecule has 7 nitrogen and oxygen atoms in total. The van der Waals surface area contributed by atoms with E-state index < -0.39 is 15.9 Å². The Hall–Kier alpha value is -0.800. The van der Waals surface area contributed by atoms with Crippen LogP contribution >= 0.6 is 34.8 Å². The summed E-state index contributed by atoms with van der Waals surface area (Å²) in [6.45, 7) is 2.61. The second-order valence-electron chi connectivity index (χ2n) is 7.55. The molecule has 0 radical (unpaired) electrons. The van der Waals surface area contributed by atoms with E-state index in [9.17, 15) is 10.0 Å². The molecule has 1 aromatic rings. The van der Waals surface area contributed by atoms with Gasteiger partial charge in [0.1, 0.15) is 0 Å². The van der Waals surface area contributed by atoms with E-state index in [2.05, 4.69) is 10.2 Å². The number of nitrogens with zero attached hydrogens (tertiary/aromatic N) is 2. The quantitative estimate of drug-likeness (QED) is 0.374. The van der Waals surface area contributed by atoms with E-state index in [1.54, 1.807) is 0 Å². The molecule has 0 aliphatic carbocycles. The molecule has 1 amide bonds. The molecule has 1 aromatic carbocycles. The van der Waals surface area contributed by atoms with E-state index >= 15 is 0 Å². The van der Waals surface area contributed by atoms with Crippen LogP contribution in [0.4, 0.5) is 5.69 Å². The number of fused-ring (bicyclic) bond motifs is 1. The Labute approximate surface area is 185 Å².